The number of hydrogen-bond acceptors (Lipinski definition) is 6. The highest BCUT2D eigenvalue weighted by molar-refractivity contribution is 9.10. The molecular formula is C19H14BrN5O2. The summed E-state index contributed by atoms with van der Waals surface area (Å²) in [6, 6.07) is 23.7. The van der Waals surface area contributed by atoms with E-state index in [2.05, 4.69) is 26.5 Å². The second kappa shape index (κ2) is 7.08. The van der Waals surface area contributed by atoms with Gasteiger partial charge in [-0.1, -0.05) is 54.6 Å². The summed E-state index contributed by atoms with van der Waals surface area (Å²) in [7, 11) is 0. The minimum absolute atomic E-state index is 0.0217. The molecule has 134 valence electrons. The van der Waals surface area contributed by atoms with Crippen LogP contribution < -0.4 is 15.7 Å². The van der Waals surface area contributed by atoms with Crippen molar-refractivity contribution in [2.24, 2.45) is 5.10 Å². The highest BCUT2D eigenvalue weighted by Gasteiger charge is 2.31. The van der Waals surface area contributed by atoms with Crippen molar-refractivity contribution in [3.63, 3.8) is 0 Å². The summed E-state index contributed by atoms with van der Waals surface area (Å²) >= 11 is 3.53. The van der Waals surface area contributed by atoms with Gasteiger partial charge in [0.05, 0.1) is 10.6 Å². The van der Waals surface area contributed by atoms with Gasteiger partial charge >= 0.3 is 0 Å². The van der Waals surface area contributed by atoms with Gasteiger partial charge < -0.3 is 0 Å². The summed E-state index contributed by atoms with van der Waals surface area (Å²) in [5.41, 5.74) is 5.15. The molecule has 1 aliphatic rings. The summed E-state index contributed by atoms with van der Waals surface area (Å²) in [6.45, 7) is 0. The van der Waals surface area contributed by atoms with Crippen LogP contribution in [0.3, 0.4) is 0 Å². The van der Waals surface area contributed by atoms with Gasteiger partial charge in [0.25, 0.3) is 5.69 Å². The van der Waals surface area contributed by atoms with Gasteiger partial charge in [0.2, 0.25) is 0 Å². The monoisotopic (exact) mass is 423 g/mol. The molecule has 1 aliphatic heterocycles. The van der Waals surface area contributed by atoms with Gasteiger partial charge in [-0.25, -0.2) is 0 Å². The molecule has 1 heterocycles. The van der Waals surface area contributed by atoms with Crippen molar-refractivity contribution in [3.05, 3.63) is 99.0 Å². The Labute approximate surface area is 163 Å². The van der Waals surface area contributed by atoms with Crippen molar-refractivity contribution in [2.45, 2.75) is 0 Å². The van der Waals surface area contributed by atoms with E-state index in [0.29, 0.717) is 11.5 Å². The number of amidine groups is 1. The molecule has 3 aromatic rings. The van der Waals surface area contributed by atoms with E-state index in [-0.39, 0.29) is 5.69 Å². The number of anilines is 2. The normalized spacial score (nSPS) is 13.3. The highest BCUT2D eigenvalue weighted by Crippen LogP contribution is 2.35. The molecule has 0 spiro atoms. The van der Waals surface area contributed by atoms with Crippen LogP contribution in [0.15, 0.2) is 88.4 Å². The molecule has 1 N–H and O–H groups in total. The average Bonchev–Trinajstić information content (AvgIpc) is 3.14. The number of hydrogen-bond donors (Lipinski definition) is 1. The molecule has 0 amide bonds. The van der Waals surface area contributed by atoms with E-state index in [0.717, 1.165) is 15.7 Å². The smallest absolute Gasteiger partial charge is 0.258 e. The Morgan fingerprint density at radius 2 is 1.52 bits per heavy atom. The summed E-state index contributed by atoms with van der Waals surface area (Å²) in [4.78, 5) is 11.1. The quantitative estimate of drug-likeness (QED) is 0.495. The van der Waals surface area contributed by atoms with E-state index in [4.69, 9.17) is 0 Å². The summed E-state index contributed by atoms with van der Waals surface area (Å²) < 4.78 is 0.813. The number of nitrogens with zero attached hydrogens (tertiary/aromatic N) is 4. The molecule has 3 aromatic carbocycles. The van der Waals surface area contributed by atoms with E-state index >= 15 is 0 Å². The van der Waals surface area contributed by atoms with Crippen molar-refractivity contribution < 1.29 is 4.92 Å². The predicted molar refractivity (Wildman–Crippen MR) is 108 cm³/mol. The zero-order chi connectivity index (χ0) is 18.8. The first kappa shape index (κ1) is 17.0. The SMILES string of the molecule is O=[N+]([O-])c1ccccc1N1NC(c2ccccc2)=NN1c1ccccc1Br. The van der Waals surface area contributed by atoms with Gasteiger partial charge in [0, 0.05) is 16.1 Å². The van der Waals surface area contributed by atoms with Gasteiger partial charge in [-0.15, -0.1) is 10.2 Å². The molecule has 0 saturated carbocycles. The highest BCUT2D eigenvalue weighted by atomic mass is 79.9. The third-order valence-corrected chi connectivity index (χ3v) is 4.69. The number of nitrogens with one attached hydrogen (secondary N) is 1. The van der Waals surface area contributed by atoms with Crippen LogP contribution in [0.4, 0.5) is 17.1 Å². The molecule has 4 rings (SSSR count). The van der Waals surface area contributed by atoms with Crippen LogP contribution in [0.5, 0.6) is 0 Å². The molecule has 0 bridgehead atoms. The molecular weight excluding hydrogens is 410 g/mol. The molecule has 0 aromatic heterocycles. The number of para-hydroxylation sites is 3. The van der Waals surface area contributed by atoms with Crippen molar-refractivity contribution >= 4 is 38.8 Å². The second-order valence-corrected chi connectivity index (χ2v) is 6.58. The summed E-state index contributed by atoms with van der Waals surface area (Å²) in [6.07, 6.45) is 0. The van der Waals surface area contributed by atoms with Crippen LogP contribution >= 0.6 is 15.9 Å². The zero-order valence-corrected chi connectivity index (χ0v) is 15.6. The Morgan fingerprint density at radius 1 is 0.889 bits per heavy atom. The average molecular weight is 424 g/mol. The van der Waals surface area contributed by atoms with E-state index in [1.54, 1.807) is 28.4 Å². The maximum atomic E-state index is 11.5. The molecule has 0 saturated heterocycles. The third-order valence-electron chi connectivity index (χ3n) is 4.02. The first-order valence-electron chi connectivity index (χ1n) is 8.14. The largest absolute Gasteiger partial charge is 0.296 e. The van der Waals surface area contributed by atoms with Crippen LogP contribution in [0.2, 0.25) is 0 Å². The minimum Gasteiger partial charge on any atom is -0.258 e. The molecule has 0 unspecified atom stereocenters. The van der Waals surface area contributed by atoms with Gasteiger partial charge in [-0.3, -0.25) is 15.5 Å². The van der Waals surface area contributed by atoms with Gasteiger partial charge in [-0.2, -0.15) is 5.12 Å². The molecule has 0 aliphatic carbocycles. The lowest BCUT2D eigenvalue weighted by Crippen LogP contribution is -2.45. The fraction of sp³-hybridized carbons (Fsp3) is 0. The fourth-order valence-electron chi connectivity index (χ4n) is 2.76. The van der Waals surface area contributed by atoms with Crippen molar-refractivity contribution in [1.82, 2.24) is 5.43 Å². The number of hydrazine groups is 2. The van der Waals surface area contributed by atoms with E-state index < -0.39 is 4.92 Å². The van der Waals surface area contributed by atoms with Crippen molar-refractivity contribution in [1.29, 1.82) is 0 Å². The number of benzene rings is 3. The Morgan fingerprint density at radius 3 is 2.22 bits per heavy atom. The Hall–Kier alpha value is -3.39. The first-order chi connectivity index (χ1) is 13.1. The van der Waals surface area contributed by atoms with Crippen LogP contribution in [0, 0.1) is 10.1 Å². The van der Waals surface area contributed by atoms with Crippen LogP contribution in [0.1, 0.15) is 5.56 Å². The number of nitro benzene ring substituents is 1. The lowest BCUT2D eigenvalue weighted by molar-refractivity contribution is -0.384. The molecule has 0 atom stereocenters. The maximum absolute atomic E-state index is 11.5. The molecule has 27 heavy (non-hydrogen) atoms. The Kier molecular flexibility index (Phi) is 4.47. The standard InChI is InChI=1S/C19H14BrN5O2/c20-15-10-4-5-11-16(15)23-21-19(14-8-2-1-3-9-14)22-24(23)17-12-6-7-13-18(17)25(26)27/h1-13H,(H,21,22). The molecule has 7 nitrogen and oxygen atoms in total. The second-order valence-electron chi connectivity index (χ2n) is 5.72. The lowest BCUT2D eigenvalue weighted by atomic mass is 10.2. The van der Waals surface area contributed by atoms with E-state index in [1.807, 2.05) is 54.6 Å². The summed E-state index contributed by atoms with van der Waals surface area (Å²) in [5.74, 6) is 0.588. The minimum atomic E-state index is -0.407. The van der Waals surface area contributed by atoms with Gasteiger partial charge in [0.1, 0.15) is 0 Å². The van der Waals surface area contributed by atoms with E-state index in [9.17, 15) is 10.1 Å². The van der Waals surface area contributed by atoms with Crippen molar-refractivity contribution in [2.75, 3.05) is 10.2 Å². The fourth-order valence-corrected chi connectivity index (χ4v) is 3.21. The van der Waals surface area contributed by atoms with Crippen LogP contribution in [-0.4, -0.2) is 10.8 Å². The number of rotatable bonds is 4. The predicted octanol–water partition coefficient (Wildman–Crippen LogP) is 4.47. The topological polar surface area (TPSA) is 74.0 Å². The number of hydrazone groups is 1. The molecule has 8 heteroatoms. The Bertz CT molecular complexity index is 1030. The molecule has 0 radical (unpaired) electrons. The van der Waals surface area contributed by atoms with Crippen molar-refractivity contribution in [3.8, 4) is 0 Å². The van der Waals surface area contributed by atoms with Crippen LogP contribution in [-0.2, 0) is 0 Å². The molecule has 0 fully saturated rings. The Balaban J connectivity index is 1.84. The third kappa shape index (κ3) is 3.22. The lowest BCUT2D eigenvalue weighted by Gasteiger charge is -2.28. The van der Waals surface area contributed by atoms with E-state index in [1.165, 1.54) is 6.07 Å². The summed E-state index contributed by atoms with van der Waals surface area (Å²) in [5, 5.41) is 19.4. The number of nitro groups is 1. The maximum Gasteiger partial charge on any atom is 0.296 e. The zero-order valence-electron chi connectivity index (χ0n) is 14.0. The number of halogens is 1. The van der Waals surface area contributed by atoms with Gasteiger partial charge in [-0.05, 0) is 34.1 Å². The van der Waals surface area contributed by atoms with Crippen LogP contribution in [0.25, 0.3) is 0 Å². The van der Waals surface area contributed by atoms with Gasteiger partial charge in [0.15, 0.2) is 11.5 Å². The first-order valence-corrected chi connectivity index (χ1v) is 8.93.